The van der Waals surface area contributed by atoms with Gasteiger partial charge in [-0.3, -0.25) is 4.74 Å². The summed E-state index contributed by atoms with van der Waals surface area (Å²) < 4.78 is 147. The third kappa shape index (κ3) is 6.81. The van der Waals surface area contributed by atoms with Crippen molar-refractivity contribution in [1.29, 1.82) is 0 Å². The highest BCUT2D eigenvalue weighted by Gasteiger charge is 2.78. The average molecular weight is 563 g/mol. The number of rotatable bonds is 11. The molecule has 0 amide bonds. The predicted molar refractivity (Wildman–Crippen MR) is 99.5 cm³/mol. The van der Waals surface area contributed by atoms with Gasteiger partial charge in [-0.05, 0) is 36.7 Å². The molecular weight excluding hydrogens is 550 g/mol. The fourth-order valence-electron chi connectivity index (χ4n) is 1.98. The van der Waals surface area contributed by atoms with Gasteiger partial charge in [-0.15, -0.1) is 0 Å². The van der Waals surface area contributed by atoms with Crippen LogP contribution in [0.25, 0.3) is 0 Å². The lowest BCUT2D eigenvalue weighted by atomic mass is 10.1. The summed E-state index contributed by atoms with van der Waals surface area (Å²) in [4.78, 5) is 24.0. The number of hydrogen-bond acceptors (Lipinski definition) is 6. The zero-order valence-corrected chi connectivity index (χ0v) is 18.3. The van der Waals surface area contributed by atoms with Crippen LogP contribution in [0.1, 0.15) is 27.6 Å². The molecule has 1 aromatic carbocycles. The molecule has 1 unspecified atom stereocenters. The van der Waals surface area contributed by atoms with Crippen LogP contribution in [0.3, 0.4) is 0 Å². The first-order valence-corrected chi connectivity index (χ1v) is 9.24. The summed E-state index contributed by atoms with van der Waals surface area (Å²) in [7, 11) is 0. The van der Waals surface area contributed by atoms with Crippen molar-refractivity contribution in [1.82, 2.24) is 0 Å². The van der Waals surface area contributed by atoms with Gasteiger partial charge in [0.25, 0.3) is 0 Å². The molecule has 0 saturated heterocycles. The van der Waals surface area contributed by atoms with Gasteiger partial charge < -0.3 is 14.2 Å². The van der Waals surface area contributed by atoms with Gasteiger partial charge in [0.05, 0.1) is 11.3 Å². The molecule has 0 aromatic heterocycles. The molecule has 0 heterocycles. The topological polar surface area (TPSA) is 71.1 Å². The molecule has 17 heteroatoms. The van der Waals surface area contributed by atoms with Crippen molar-refractivity contribution in [2.24, 2.45) is 0 Å². The first-order valence-electron chi connectivity index (χ1n) is 8.86. The highest BCUT2D eigenvalue weighted by Crippen LogP contribution is 2.52. The SMILES string of the molecule is C=CCOC(=O)c1ccc(C(=O)OC(=C)C)c(OC(F)(F)C(F)(Cl)OC(F)(F)C(F)(F)C(F)(F)F)c1. The first kappa shape index (κ1) is 31.0. The molecule has 0 spiro atoms. The number of alkyl halides is 11. The number of benzene rings is 1. The van der Waals surface area contributed by atoms with Gasteiger partial charge in [0.15, 0.2) is 0 Å². The number of hydrogen-bond donors (Lipinski definition) is 0. The molecule has 0 fully saturated rings. The minimum Gasteiger partial charge on any atom is -0.458 e. The smallest absolute Gasteiger partial charge is 0.458 e. The molecule has 0 N–H and O–H groups in total. The Kier molecular flexibility index (Phi) is 9.08. The van der Waals surface area contributed by atoms with E-state index in [1.54, 1.807) is 0 Å². The van der Waals surface area contributed by atoms with Crippen LogP contribution < -0.4 is 4.74 Å². The Labute approximate surface area is 200 Å². The molecule has 0 saturated carbocycles. The van der Waals surface area contributed by atoms with Gasteiger partial charge in [-0.1, -0.05) is 19.2 Å². The second-order valence-corrected chi connectivity index (χ2v) is 7.00. The summed E-state index contributed by atoms with van der Waals surface area (Å²) in [6, 6.07) is 1.62. The second kappa shape index (κ2) is 10.5. The summed E-state index contributed by atoms with van der Waals surface area (Å²) in [5.74, 6) is -11.9. The van der Waals surface area contributed by atoms with Gasteiger partial charge in [0.1, 0.15) is 17.9 Å². The Morgan fingerprint density at radius 2 is 1.53 bits per heavy atom. The van der Waals surface area contributed by atoms with Gasteiger partial charge in [-0.25, -0.2) is 9.59 Å². The van der Waals surface area contributed by atoms with Gasteiger partial charge in [0, 0.05) is 0 Å². The summed E-state index contributed by atoms with van der Waals surface area (Å²) in [6.45, 7) is 7.08. The van der Waals surface area contributed by atoms with E-state index in [2.05, 4.69) is 43.7 Å². The summed E-state index contributed by atoms with van der Waals surface area (Å²) >= 11 is 4.43. The van der Waals surface area contributed by atoms with Crippen LogP contribution >= 0.6 is 11.6 Å². The van der Waals surface area contributed by atoms with Crippen molar-refractivity contribution < 1.29 is 72.4 Å². The lowest BCUT2D eigenvalue weighted by molar-refractivity contribution is -0.469. The molecule has 0 aliphatic carbocycles. The predicted octanol–water partition coefficient (Wildman–Crippen LogP) is 6.36. The van der Waals surface area contributed by atoms with Crippen molar-refractivity contribution in [3.63, 3.8) is 0 Å². The van der Waals surface area contributed by atoms with E-state index in [0.29, 0.717) is 6.07 Å². The highest BCUT2D eigenvalue weighted by atomic mass is 35.5. The largest absolute Gasteiger partial charge is 0.476 e. The quantitative estimate of drug-likeness (QED) is 0.103. The molecule has 202 valence electrons. The van der Waals surface area contributed by atoms with Crippen molar-refractivity contribution >= 4 is 23.5 Å². The number of esters is 2. The Morgan fingerprint density at radius 1 is 0.972 bits per heavy atom. The fraction of sp³-hybridized carbons (Fsp3) is 0.368. The van der Waals surface area contributed by atoms with Gasteiger partial charge in [-0.2, -0.15) is 43.9 Å². The molecule has 6 nitrogen and oxygen atoms in total. The Bertz CT molecular complexity index is 1020. The molecule has 36 heavy (non-hydrogen) atoms. The van der Waals surface area contributed by atoms with E-state index in [1.165, 1.54) is 0 Å². The van der Waals surface area contributed by atoms with Crippen molar-refractivity contribution in [2.45, 2.75) is 36.6 Å². The molecule has 0 radical (unpaired) electrons. The van der Waals surface area contributed by atoms with E-state index in [0.717, 1.165) is 19.1 Å². The van der Waals surface area contributed by atoms with Crippen LogP contribution in [0.2, 0.25) is 0 Å². The van der Waals surface area contributed by atoms with Crippen molar-refractivity contribution in [2.75, 3.05) is 6.61 Å². The van der Waals surface area contributed by atoms with Gasteiger partial charge >= 0.3 is 41.6 Å². The van der Waals surface area contributed by atoms with E-state index < -0.39 is 65.1 Å². The Hall–Kier alpha value is -3.01. The standard InChI is InChI=1S/C19H13ClF10O6/c1-4-7-33-13(31)10-5-6-11(14(32)34-9(2)3)12(8-10)35-19(29,30)16(20,23)36-18(27,28)15(21,22)17(24,25)26/h4-6,8H,1-2,7H2,3H3. The second-order valence-electron chi connectivity index (χ2n) is 6.52. The fourth-order valence-corrected chi connectivity index (χ4v) is 2.12. The van der Waals surface area contributed by atoms with E-state index in [-0.39, 0.29) is 11.8 Å². The number of allylic oxidation sites excluding steroid dienone is 1. The summed E-state index contributed by atoms with van der Waals surface area (Å²) in [5, 5.41) is -5.90. The van der Waals surface area contributed by atoms with Crippen LogP contribution in [0, 0.1) is 0 Å². The number of carbonyl (C=O) groups excluding carboxylic acids is 2. The average Bonchev–Trinajstić information content (AvgIpc) is 2.69. The maximum atomic E-state index is 14.3. The summed E-state index contributed by atoms with van der Waals surface area (Å²) in [6.07, 6.45) is -19.0. The molecule has 0 aliphatic heterocycles. The van der Waals surface area contributed by atoms with E-state index >= 15 is 0 Å². The number of ether oxygens (including phenoxy) is 4. The van der Waals surface area contributed by atoms with Crippen LogP contribution in [-0.2, 0) is 14.2 Å². The third-order valence-corrected chi connectivity index (χ3v) is 3.89. The molecule has 1 aromatic rings. The third-order valence-electron chi connectivity index (χ3n) is 3.59. The molecule has 0 bridgehead atoms. The Balaban J connectivity index is 3.48. The van der Waals surface area contributed by atoms with Crippen LogP contribution in [0.15, 0.2) is 43.2 Å². The van der Waals surface area contributed by atoms with Crippen LogP contribution in [0.5, 0.6) is 5.75 Å². The Morgan fingerprint density at radius 3 is 2.00 bits per heavy atom. The molecule has 0 aliphatic rings. The molecular formula is C19H13ClF10O6. The minimum absolute atomic E-state index is 0.268. The van der Waals surface area contributed by atoms with Crippen molar-refractivity contribution in [3.05, 3.63) is 54.3 Å². The zero-order chi connectivity index (χ0) is 28.3. The molecule has 1 rings (SSSR count). The maximum Gasteiger partial charge on any atom is 0.476 e. The van der Waals surface area contributed by atoms with E-state index in [1.807, 2.05) is 0 Å². The minimum atomic E-state index is -7.19. The number of carbonyl (C=O) groups is 2. The number of halogens is 11. The summed E-state index contributed by atoms with van der Waals surface area (Å²) in [5.41, 5.74) is -1.73. The highest BCUT2D eigenvalue weighted by molar-refractivity contribution is 6.22. The zero-order valence-electron chi connectivity index (χ0n) is 17.5. The lowest BCUT2D eigenvalue weighted by Crippen LogP contribution is -2.59. The van der Waals surface area contributed by atoms with Gasteiger partial charge in [0.2, 0.25) is 0 Å². The van der Waals surface area contributed by atoms with E-state index in [9.17, 15) is 53.5 Å². The van der Waals surface area contributed by atoms with Crippen molar-refractivity contribution in [3.8, 4) is 5.75 Å². The van der Waals surface area contributed by atoms with Crippen LogP contribution in [-0.4, -0.2) is 48.2 Å². The maximum absolute atomic E-state index is 14.3. The van der Waals surface area contributed by atoms with E-state index in [4.69, 9.17) is 0 Å². The normalized spacial score (nSPS) is 14.4. The first-order chi connectivity index (χ1) is 16.1. The lowest BCUT2D eigenvalue weighted by Gasteiger charge is -2.34. The monoisotopic (exact) mass is 562 g/mol. The molecule has 1 atom stereocenters. The van der Waals surface area contributed by atoms with Crippen LogP contribution in [0.4, 0.5) is 43.9 Å².